The number of ether oxygens (including phenoxy) is 2. The zero-order valence-electron chi connectivity index (χ0n) is 18.1. The molecular weight excluding hydrogens is 423 g/mol. The van der Waals surface area contributed by atoms with Crippen molar-refractivity contribution in [2.24, 2.45) is 0 Å². The maximum absolute atomic E-state index is 13.9. The summed E-state index contributed by atoms with van der Waals surface area (Å²) in [6, 6.07) is 23.1. The number of aliphatic hydroxyl groups excluding tert-OH is 1. The van der Waals surface area contributed by atoms with Crippen molar-refractivity contribution < 1.29 is 23.8 Å². The fourth-order valence-corrected chi connectivity index (χ4v) is 3.79. The molecule has 0 fully saturated rings. The molecular formula is C26H25FN2O4. The van der Waals surface area contributed by atoms with Crippen molar-refractivity contribution in [1.29, 1.82) is 0 Å². The predicted molar refractivity (Wildman–Crippen MR) is 124 cm³/mol. The molecule has 33 heavy (non-hydrogen) atoms. The van der Waals surface area contributed by atoms with E-state index in [1.165, 1.54) is 13.1 Å². The van der Waals surface area contributed by atoms with Gasteiger partial charge in [-0.15, -0.1) is 0 Å². The van der Waals surface area contributed by atoms with Gasteiger partial charge in [-0.05, 0) is 35.9 Å². The second kappa shape index (κ2) is 10.2. The number of amides is 1. The summed E-state index contributed by atoms with van der Waals surface area (Å²) >= 11 is 0. The normalized spacial score (nSPS) is 12.8. The lowest BCUT2D eigenvalue weighted by Crippen LogP contribution is -2.32. The summed E-state index contributed by atoms with van der Waals surface area (Å²) < 4.78 is 26.7. The molecule has 7 heteroatoms. The smallest absolute Gasteiger partial charge is 0.406 e. The van der Waals surface area contributed by atoms with Gasteiger partial charge < -0.3 is 24.5 Å². The van der Waals surface area contributed by atoms with Gasteiger partial charge in [0.05, 0.1) is 6.04 Å². The van der Waals surface area contributed by atoms with Crippen molar-refractivity contribution in [3.8, 4) is 5.75 Å². The molecule has 0 aliphatic rings. The molecule has 1 aromatic heterocycles. The molecule has 0 aliphatic heterocycles. The van der Waals surface area contributed by atoms with Crippen molar-refractivity contribution in [2.75, 3.05) is 13.7 Å². The number of fused-ring (bicyclic) bond motifs is 1. The van der Waals surface area contributed by atoms with E-state index < -0.39 is 18.2 Å². The molecule has 2 atom stereocenters. The molecule has 0 aliphatic carbocycles. The first-order valence-corrected chi connectivity index (χ1v) is 10.6. The maximum atomic E-state index is 13.9. The Morgan fingerprint density at radius 1 is 1.06 bits per heavy atom. The van der Waals surface area contributed by atoms with Crippen molar-refractivity contribution in [1.82, 2.24) is 9.88 Å². The molecule has 0 saturated heterocycles. The number of nitrogens with one attached hydrogen (secondary N) is 1. The molecule has 1 heterocycles. The van der Waals surface area contributed by atoms with E-state index in [9.17, 15) is 14.3 Å². The number of rotatable bonds is 8. The predicted octanol–water partition coefficient (Wildman–Crippen LogP) is 4.67. The highest BCUT2D eigenvalue weighted by Crippen LogP contribution is 2.30. The Bertz CT molecular complexity index is 1230. The van der Waals surface area contributed by atoms with Crippen LogP contribution in [-0.4, -0.2) is 35.5 Å². The highest BCUT2D eigenvalue weighted by molar-refractivity contribution is 5.82. The molecule has 2 N–H and O–H groups in total. The van der Waals surface area contributed by atoms with Gasteiger partial charge in [0.2, 0.25) is 0 Å². The first-order chi connectivity index (χ1) is 16.1. The highest BCUT2D eigenvalue weighted by Gasteiger charge is 2.25. The Labute approximate surface area is 191 Å². The van der Waals surface area contributed by atoms with Crippen LogP contribution in [0.4, 0.5) is 9.18 Å². The third-order valence-electron chi connectivity index (χ3n) is 5.44. The van der Waals surface area contributed by atoms with Crippen LogP contribution in [0.1, 0.15) is 17.2 Å². The van der Waals surface area contributed by atoms with Crippen LogP contribution in [0.25, 0.3) is 10.9 Å². The van der Waals surface area contributed by atoms with Gasteiger partial charge in [-0.25, -0.2) is 9.18 Å². The van der Waals surface area contributed by atoms with Crippen LogP contribution in [0.3, 0.4) is 0 Å². The first kappa shape index (κ1) is 22.4. The molecule has 0 radical (unpaired) electrons. The third-order valence-corrected chi connectivity index (χ3v) is 5.44. The summed E-state index contributed by atoms with van der Waals surface area (Å²) in [7, 11) is 1.47. The summed E-state index contributed by atoms with van der Waals surface area (Å²) in [5.41, 5.74) is 2.24. The van der Waals surface area contributed by atoms with Gasteiger partial charge in [-0.2, -0.15) is 0 Å². The van der Waals surface area contributed by atoms with Crippen molar-refractivity contribution in [3.63, 3.8) is 0 Å². The average Bonchev–Trinajstić information content (AvgIpc) is 3.25. The van der Waals surface area contributed by atoms with Gasteiger partial charge in [0.15, 0.2) is 0 Å². The minimum atomic E-state index is -0.975. The Hall–Kier alpha value is -3.84. The molecule has 4 aromatic rings. The lowest BCUT2D eigenvalue weighted by Gasteiger charge is -2.26. The summed E-state index contributed by atoms with van der Waals surface area (Å²) in [5, 5.41) is 14.2. The van der Waals surface area contributed by atoms with E-state index in [0.717, 1.165) is 16.5 Å². The number of carbonyl (C=O) groups excluding carboxylic acids is 1. The Balaban J connectivity index is 1.60. The molecule has 4 rings (SSSR count). The molecule has 170 valence electrons. The van der Waals surface area contributed by atoms with Gasteiger partial charge in [0, 0.05) is 29.7 Å². The number of hydrogen-bond donors (Lipinski definition) is 2. The number of aliphatic hydroxyl groups is 1. The second-order valence-electron chi connectivity index (χ2n) is 7.60. The highest BCUT2D eigenvalue weighted by atomic mass is 19.1. The van der Waals surface area contributed by atoms with Crippen LogP contribution >= 0.6 is 0 Å². The van der Waals surface area contributed by atoms with Crippen LogP contribution in [-0.2, 0) is 11.3 Å². The van der Waals surface area contributed by atoms with Gasteiger partial charge in [-0.1, -0.05) is 48.5 Å². The third kappa shape index (κ3) is 5.15. The minimum absolute atomic E-state index is 0.126. The van der Waals surface area contributed by atoms with Gasteiger partial charge in [-0.3, -0.25) is 0 Å². The molecule has 0 unspecified atom stereocenters. The van der Waals surface area contributed by atoms with E-state index in [0.29, 0.717) is 11.3 Å². The van der Waals surface area contributed by atoms with E-state index in [1.807, 2.05) is 65.4 Å². The lowest BCUT2D eigenvalue weighted by molar-refractivity contribution is 0.0477. The van der Waals surface area contributed by atoms with Crippen LogP contribution in [0, 0.1) is 5.82 Å². The van der Waals surface area contributed by atoms with E-state index in [1.54, 1.807) is 18.2 Å². The molecule has 0 bridgehead atoms. The van der Waals surface area contributed by atoms with Gasteiger partial charge in [0.1, 0.15) is 30.9 Å². The minimum Gasteiger partial charge on any atom is -0.489 e. The number of benzene rings is 3. The van der Waals surface area contributed by atoms with Crippen LogP contribution in [0.2, 0.25) is 0 Å². The zero-order valence-corrected chi connectivity index (χ0v) is 18.1. The number of alkyl carbamates (subject to hydrolysis) is 1. The summed E-state index contributed by atoms with van der Waals surface area (Å²) in [4.78, 5) is 11.5. The zero-order chi connectivity index (χ0) is 23.2. The quantitative estimate of drug-likeness (QED) is 0.411. The van der Waals surface area contributed by atoms with Crippen LogP contribution < -0.4 is 10.1 Å². The van der Waals surface area contributed by atoms with Crippen molar-refractivity contribution in [3.05, 3.63) is 102 Å². The van der Waals surface area contributed by atoms with E-state index in [-0.39, 0.29) is 19.0 Å². The number of nitrogens with zero attached hydrogens (tertiary/aromatic N) is 1. The topological polar surface area (TPSA) is 72.7 Å². The average molecular weight is 448 g/mol. The first-order valence-electron chi connectivity index (χ1n) is 10.6. The second-order valence-corrected chi connectivity index (χ2v) is 7.60. The fraction of sp³-hybridized carbons (Fsp3) is 0.192. The van der Waals surface area contributed by atoms with Crippen LogP contribution in [0.5, 0.6) is 5.75 Å². The van der Waals surface area contributed by atoms with Crippen LogP contribution in [0.15, 0.2) is 85.1 Å². The maximum Gasteiger partial charge on any atom is 0.406 e. The number of aromatic nitrogens is 1. The largest absolute Gasteiger partial charge is 0.489 e. The number of hydrogen-bond acceptors (Lipinski definition) is 4. The monoisotopic (exact) mass is 448 g/mol. The van der Waals surface area contributed by atoms with E-state index in [4.69, 9.17) is 9.47 Å². The van der Waals surface area contributed by atoms with E-state index in [2.05, 4.69) is 5.32 Å². The SMILES string of the molecule is CNC(=O)OC[C@H](O)[C@H](c1ccccc1)n1ccc2cc(OCc3ccccc3F)ccc21. The number of halogens is 1. The van der Waals surface area contributed by atoms with Crippen molar-refractivity contribution >= 4 is 17.0 Å². The molecule has 1 amide bonds. The number of carbonyl (C=O) groups is 1. The van der Waals surface area contributed by atoms with E-state index >= 15 is 0 Å². The Kier molecular flexibility index (Phi) is 6.90. The lowest BCUT2D eigenvalue weighted by atomic mass is 10.0. The summed E-state index contributed by atoms with van der Waals surface area (Å²) in [5.74, 6) is 0.312. The molecule has 0 saturated carbocycles. The fourth-order valence-electron chi connectivity index (χ4n) is 3.79. The van der Waals surface area contributed by atoms with Gasteiger partial charge in [0.25, 0.3) is 0 Å². The Morgan fingerprint density at radius 2 is 1.82 bits per heavy atom. The molecule has 3 aromatic carbocycles. The Morgan fingerprint density at radius 3 is 2.58 bits per heavy atom. The van der Waals surface area contributed by atoms with Gasteiger partial charge >= 0.3 is 6.09 Å². The molecule has 0 spiro atoms. The summed E-state index contributed by atoms with van der Waals surface area (Å²) in [6.45, 7) is -0.0379. The molecule has 6 nitrogen and oxygen atoms in total. The summed E-state index contributed by atoms with van der Waals surface area (Å²) in [6.07, 6.45) is 0.304. The standard InChI is InChI=1S/C26H25FN2O4/c1-28-26(31)33-17-24(30)25(18-7-3-2-4-8-18)29-14-13-19-15-21(11-12-23(19)29)32-16-20-9-5-6-10-22(20)27/h2-15,24-25,30H,16-17H2,1H3,(H,28,31)/t24-,25-/m0/s1. The van der Waals surface area contributed by atoms with Crippen molar-refractivity contribution in [2.45, 2.75) is 18.8 Å².